The van der Waals surface area contributed by atoms with Crippen LogP contribution in [-0.4, -0.2) is 8.42 Å². The molecule has 0 heterocycles. The van der Waals surface area contributed by atoms with E-state index in [9.17, 15) is 8.42 Å². The van der Waals surface area contributed by atoms with Gasteiger partial charge in [0.2, 0.25) is 10.0 Å². The summed E-state index contributed by atoms with van der Waals surface area (Å²) in [5.41, 5.74) is 3.17. The molecule has 3 nitrogen and oxygen atoms in total. The second-order valence-electron chi connectivity index (χ2n) is 4.92. The van der Waals surface area contributed by atoms with Crippen LogP contribution < -0.4 is 4.72 Å². The number of para-hydroxylation sites is 1. The topological polar surface area (TPSA) is 46.2 Å². The van der Waals surface area contributed by atoms with Crippen molar-refractivity contribution >= 4 is 27.3 Å². The van der Waals surface area contributed by atoms with E-state index in [1.807, 2.05) is 32.0 Å². The third-order valence-electron chi connectivity index (χ3n) is 3.30. The van der Waals surface area contributed by atoms with Crippen LogP contribution in [0.3, 0.4) is 0 Å². The summed E-state index contributed by atoms with van der Waals surface area (Å²) in [6, 6.07) is 12.7. The Morgan fingerprint density at radius 2 is 1.71 bits per heavy atom. The quantitative estimate of drug-likeness (QED) is 0.898. The normalized spacial score (nSPS) is 11.4. The second kappa shape index (κ2) is 6.50. The van der Waals surface area contributed by atoms with E-state index in [0.717, 1.165) is 17.5 Å². The smallest absolute Gasteiger partial charge is 0.236 e. The van der Waals surface area contributed by atoms with Crippen LogP contribution >= 0.6 is 11.6 Å². The average Bonchev–Trinajstić information content (AvgIpc) is 2.43. The molecule has 0 saturated heterocycles. The minimum absolute atomic E-state index is 0.135. The van der Waals surface area contributed by atoms with Crippen molar-refractivity contribution in [2.24, 2.45) is 0 Å². The van der Waals surface area contributed by atoms with Gasteiger partial charge in [0.25, 0.3) is 0 Å². The Morgan fingerprint density at radius 3 is 2.38 bits per heavy atom. The molecular weight excluding hydrogens is 306 g/mol. The predicted molar refractivity (Wildman–Crippen MR) is 88.3 cm³/mol. The molecule has 0 saturated carbocycles. The first kappa shape index (κ1) is 15.9. The molecule has 0 unspecified atom stereocenters. The summed E-state index contributed by atoms with van der Waals surface area (Å²) in [6.45, 7) is 3.90. The van der Waals surface area contributed by atoms with Crippen molar-refractivity contribution in [2.45, 2.75) is 26.0 Å². The molecule has 2 aromatic rings. The van der Waals surface area contributed by atoms with Crippen LogP contribution in [0.1, 0.15) is 23.6 Å². The Labute approximate surface area is 131 Å². The number of aryl methyl sites for hydroxylation is 2. The maximum atomic E-state index is 12.4. The summed E-state index contributed by atoms with van der Waals surface area (Å²) in [5.74, 6) is -0.135. The van der Waals surface area contributed by atoms with Gasteiger partial charge in [-0.3, -0.25) is 4.72 Å². The molecule has 2 rings (SSSR count). The van der Waals surface area contributed by atoms with Crippen LogP contribution in [-0.2, 0) is 22.2 Å². The summed E-state index contributed by atoms with van der Waals surface area (Å²) in [5, 5.41) is 0.461. The van der Waals surface area contributed by atoms with Crippen LogP contribution in [0.15, 0.2) is 42.5 Å². The molecule has 0 aliphatic rings. The lowest BCUT2D eigenvalue weighted by Gasteiger charge is -2.14. The molecule has 0 bridgehead atoms. The van der Waals surface area contributed by atoms with Gasteiger partial charge in [0.05, 0.1) is 11.4 Å². The number of benzene rings is 2. The Morgan fingerprint density at radius 1 is 1.05 bits per heavy atom. The first-order chi connectivity index (χ1) is 9.93. The SMILES string of the molecule is CCc1cccc(C)c1NS(=O)(=O)Cc1ccccc1Cl. The number of sulfonamides is 1. The molecule has 0 aliphatic heterocycles. The molecule has 1 N–H and O–H groups in total. The monoisotopic (exact) mass is 323 g/mol. The lowest BCUT2D eigenvalue weighted by atomic mass is 10.1. The van der Waals surface area contributed by atoms with Crippen molar-refractivity contribution < 1.29 is 8.42 Å². The fraction of sp³-hybridized carbons (Fsp3) is 0.250. The van der Waals surface area contributed by atoms with Gasteiger partial charge in [-0.05, 0) is 36.1 Å². The van der Waals surface area contributed by atoms with Gasteiger partial charge in [-0.25, -0.2) is 8.42 Å². The highest BCUT2D eigenvalue weighted by atomic mass is 35.5. The fourth-order valence-corrected chi connectivity index (χ4v) is 3.80. The molecule has 0 atom stereocenters. The number of nitrogens with one attached hydrogen (secondary N) is 1. The number of halogens is 1. The summed E-state index contributed by atoms with van der Waals surface area (Å²) in [4.78, 5) is 0. The van der Waals surface area contributed by atoms with E-state index in [1.54, 1.807) is 24.3 Å². The zero-order valence-electron chi connectivity index (χ0n) is 12.1. The van der Waals surface area contributed by atoms with Gasteiger partial charge in [-0.1, -0.05) is 54.9 Å². The third kappa shape index (κ3) is 3.99. The van der Waals surface area contributed by atoms with Gasteiger partial charge in [0.1, 0.15) is 0 Å². The van der Waals surface area contributed by atoms with Crippen molar-refractivity contribution in [3.05, 3.63) is 64.2 Å². The minimum Gasteiger partial charge on any atom is -0.283 e. The standard InChI is InChI=1S/C16H18ClNO2S/c1-3-13-9-6-7-12(2)16(13)18-21(19,20)11-14-8-4-5-10-15(14)17/h4-10,18H,3,11H2,1-2H3. The summed E-state index contributed by atoms with van der Waals surface area (Å²) in [7, 11) is -3.50. The fourth-order valence-electron chi connectivity index (χ4n) is 2.18. The van der Waals surface area contributed by atoms with E-state index in [-0.39, 0.29) is 5.75 Å². The van der Waals surface area contributed by atoms with Gasteiger partial charge in [0.15, 0.2) is 0 Å². The molecular formula is C16H18ClNO2S. The van der Waals surface area contributed by atoms with Crippen LogP contribution in [0.2, 0.25) is 5.02 Å². The molecule has 0 spiro atoms. The first-order valence-corrected chi connectivity index (χ1v) is 8.78. The van der Waals surface area contributed by atoms with Crippen LogP contribution in [0, 0.1) is 6.92 Å². The lowest BCUT2D eigenvalue weighted by molar-refractivity contribution is 0.600. The van der Waals surface area contributed by atoms with Crippen LogP contribution in [0.5, 0.6) is 0 Å². The first-order valence-electron chi connectivity index (χ1n) is 6.75. The highest BCUT2D eigenvalue weighted by Gasteiger charge is 2.16. The molecule has 112 valence electrons. The van der Waals surface area contributed by atoms with E-state index < -0.39 is 10.0 Å². The van der Waals surface area contributed by atoms with Crippen molar-refractivity contribution in [1.29, 1.82) is 0 Å². The molecule has 0 aromatic heterocycles. The number of anilines is 1. The second-order valence-corrected chi connectivity index (χ2v) is 7.04. The Bertz CT molecular complexity index is 742. The Kier molecular flexibility index (Phi) is 4.91. The van der Waals surface area contributed by atoms with Crippen molar-refractivity contribution in [3.63, 3.8) is 0 Å². The van der Waals surface area contributed by atoms with Crippen molar-refractivity contribution in [1.82, 2.24) is 0 Å². The molecule has 0 radical (unpaired) electrons. The van der Waals surface area contributed by atoms with Crippen molar-refractivity contribution in [3.8, 4) is 0 Å². The lowest BCUT2D eigenvalue weighted by Crippen LogP contribution is -2.17. The zero-order chi connectivity index (χ0) is 15.5. The highest BCUT2D eigenvalue weighted by molar-refractivity contribution is 7.91. The van der Waals surface area contributed by atoms with E-state index in [0.29, 0.717) is 16.3 Å². The number of hydrogen-bond donors (Lipinski definition) is 1. The van der Waals surface area contributed by atoms with E-state index in [4.69, 9.17) is 11.6 Å². The third-order valence-corrected chi connectivity index (χ3v) is 4.88. The molecule has 0 amide bonds. The molecule has 0 fully saturated rings. The van der Waals surface area contributed by atoms with E-state index in [1.165, 1.54) is 0 Å². The molecule has 21 heavy (non-hydrogen) atoms. The summed E-state index contributed by atoms with van der Waals surface area (Å²) in [6.07, 6.45) is 0.769. The number of rotatable bonds is 5. The number of hydrogen-bond acceptors (Lipinski definition) is 2. The highest BCUT2D eigenvalue weighted by Crippen LogP contribution is 2.24. The molecule has 0 aliphatic carbocycles. The van der Waals surface area contributed by atoms with Crippen LogP contribution in [0.4, 0.5) is 5.69 Å². The predicted octanol–water partition coefficient (Wildman–Crippen LogP) is 4.15. The van der Waals surface area contributed by atoms with Gasteiger partial charge in [-0.15, -0.1) is 0 Å². The maximum absolute atomic E-state index is 12.4. The van der Waals surface area contributed by atoms with Gasteiger partial charge in [0, 0.05) is 5.02 Å². The molecule has 2 aromatic carbocycles. The largest absolute Gasteiger partial charge is 0.283 e. The maximum Gasteiger partial charge on any atom is 0.236 e. The van der Waals surface area contributed by atoms with E-state index in [2.05, 4.69) is 4.72 Å². The summed E-state index contributed by atoms with van der Waals surface area (Å²) < 4.78 is 27.4. The Balaban J connectivity index is 2.29. The minimum atomic E-state index is -3.50. The Hall–Kier alpha value is -1.52. The zero-order valence-corrected chi connectivity index (χ0v) is 13.6. The average molecular weight is 324 g/mol. The van der Waals surface area contributed by atoms with Gasteiger partial charge < -0.3 is 0 Å². The van der Waals surface area contributed by atoms with Gasteiger partial charge in [-0.2, -0.15) is 0 Å². The van der Waals surface area contributed by atoms with E-state index >= 15 is 0 Å². The molecule has 5 heteroatoms. The van der Waals surface area contributed by atoms with Crippen LogP contribution in [0.25, 0.3) is 0 Å². The summed E-state index contributed by atoms with van der Waals surface area (Å²) >= 11 is 6.03. The van der Waals surface area contributed by atoms with Gasteiger partial charge >= 0.3 is 0 Å². The van der Waals surface area contributed by atoms with Crippen molar-refractivity contribution in [2.75, 3.05) is 4.72 Å².